The molecule has 1 saturated heterocycles. The van der Waals surface area contributed by atoms with Crippen LogP contribution in [-0.2, 0) is 0 Å². The molecule has 0 radical (unpaired) electrons. The van der Waals surface area contributed by atoms with E-state index in [0.717, 1.165) is 0 Å². The van der Waals surface area contributed by atoms with Gasteiger partial charge in [0.05, 0.1) is 10.9 Å². The third-order valence-electron chi connectivity index (χ3n) is 3.00. The molecule has 1 rings (SSSR count). The number of hydroxylamine groups is 4. The molecule has 0 spiro atoms. The summed E-state index contributed by atoms with van der Waals surface area (Å²) in [5.74, 6) is 0. The van der Waals surface area contributed by atoms with Crippen molar-refractivity contribution in [3.63, 3.8) is 0 Å². The molecule has 0 amide bonds. The summed E-state index contributed by atoms with van der Waals surface area (Å²) >= 11 is 3.31. The zero-order valence-electron chi connectivity index (χ0n) is 8.47. The van der Waals surface area contributed by atoms with E-state index in [1.807, 2.05) is 13.8 Å². The van der Waals surface area contributed by atoms with E-state index in [2.05, 4.69) is 15.9 Å². The molecule has 2 atom stereocenters. The van der Waals surface area contributed by atoms with Crippen molar-refractivity contribution in [2.75, 3.05) is 5.33 Å². The fraction of sp³-hybridized carbons (Fsp3) is 1.00. The molecule has 2 N–H and O–H groups in total. The fourth-order valence-corrected chi connectivity index (χ4v) is 3.06. The molecule has 0 saturated carbocycles. The minimum absolute atomic E-state index is 0.0943. The van der Waals surface area contributed by atoms with Gasteiger partial charge in [0.1, 0.15) is 6.04 Å². The monoisotopic (exact) mass is 252 g/mol. The van der Waals surface area contributed by atoms with Crippen LogP contribution < -0.4 is 5.06 Å². The largest absolute Gasteiger partial charge is 0.633 e. The number of nitrogens with one attached hydrogen (secondary N) is 1. The highest BCUT2D eigenvalue weighted by Crippen LogP contribution is 2.28. The Labute approximate surface area is 87.2 Å². The second-order valence-electron chi connectivity index (χ2n) is 4.60. The molecule has 0 aromatic heterocycles. The van der Waals surface area contributed by atoms with Crippen LogP contribution in [0.1, 0.15) is 27.7 Å². The molecule has 1 aliphatic rings. The van der Waals surface area contributed by atoms with Gasteiger partial charge >= 0.3 is 0 Å². The first kappa shape index (κ1) is 11.4. The summed E-state index contributed by atoms with van der Waals surface area (Å²) in [5.41, 5.74) is -1.24. The number of nitrogens with zero attached hydrogens (tertiary/aromatic N) is 1. The molecule has 1 fully saturated rings. The van der Waals surface area contributed by atoms with Crippen LogP contribution in [0.25, 0.3) is 0 Å². The lowest BCUT2D eigenvalue weighted by Crippen LogP contribution is -3.17. The fourth-order valence-electron chi connectivity index (χ4n) is 1.98. The van der Waals surface area contributed by atoms with Gasteiger partial charge in [-0.3, -0.25) is 0 Å². The minimum atomic E-state index is -0.762. The SMILES string of the molecule is CC1(C)C(CBr)[NH+]([O-])C(C)(C)N1O. The maximum Gasteiger partial charge on any atom is 0.170 e. The summed E-state index contributed by atoms with van der Waals surface area (Å²) in [6.07, 6.45) is 0. The van der Waals surface area contributed by atoms with Gasteiger partial charge in [0.15, 0.2) is 5.66 Å². The lowest BCUT2D eigenvalue weighted by atomic mass is 9.98. The molecule has 0 bridgehead atoms. The van der Waals surface area contributed by atoms with E-state index in [1.165, 1.54) is 5.06 Å². The van der Waals surface area contributed by atoms with E-state index in [-0.39, 0.29) is 11.1 Å². The van der Waals surface area contributed by atoms with Crippen LogP contribution in [0.4, 0.5) is 0 Å². The molecule has 78 valence electrons. The third kappa shape index (κ3) is 1.43. The van der Waals surface area contributed by atoms with Crippen LogP contribution in [0.15, 0.2) is 0 Å². The topological polar surface area (TPSA) is 51.0 Å². The van der Waals surface area contributed by atoms with Crippen molar-refractivity contribution in [2.45, 2.75) is 44.9 Å². The normalized spacial score (nSPS) is 38.1. The first-order valence-corrected chi connectivity index (χ1v) is 5.48. The molecular formula is C8H17BrN2O2. The van der Waals surface area contributed by atoms with E-state index in [4.69, 9.17) is 0 Å². The summed E-state index contributed by atoms with van der Waals surface area (Å²) < 4.78 is 0. The molecule has 0 aromatic carbocycles. The van der Waals surface area contributed by atoms with Gasteiger partial charge in [0, 0.05) is 13.8 Å². The second kappa shape index (κ2) is 3.17. The van der Waals surface area contributed by atoms with Crippen molar-refractivity contribution >= 4 is 15.9 Å². The maximum atomic E-state index is 11.9. The number of halogens is 1. The molecule has 4 nitrogen and oxygen atoms in total. The summed E-state index contributed by atoms with van der Waals surface area (Å²) in [4.78, 5) is 0. The minimum Gasteiger partial charge on any atom is -0.633 e. The second-order valence-corrected chi connectivity index (χ2v) is 5.24. The van der Waals surface area contributed by atoms with Gasteiger partial charge in [0.25, 0.3) is 0 Å². The highest BCUT2D eigenvalue weighted by molar-refractivity contribution is 9.09. The van der Waals surface area contributed by atoms with Gasteiger partial charge in [-0.25, -0.2) is 0 Å². The van der Waals surface area contributed by atoms with Crippen molar-refractivity contribution < 1.29 is 10.3 Å². The zero-order valence-corrected chi connectivity index (χ0v) is 10.1. The average molecular weight is 253 g/mol. The van der Waals surface area contributed by atoms with E-state index >= 15 is 0 Å². The standard InChI is InChI=1S/C8H17BrN2O2/c1-7(2)6(5-9)10(12)8(3,4)11(7)13/h6,10,13H,5H2,1-4H3. The van der Waals surface area contributed by atoms with Crippen molar-refractivity contribution in [2.24, 2.45) is 0 Å². The van der Waals surface area contributed by atoms with Crippen LogP contribution in [0.5, 0.6) is 0 Å². The average Bonchev–Trinajstić information content (AvgIpc) is 2.12. The Bertz CT molecular complexity index is 208. The Balaban J connectivity index is 3.04. The Hall–Kier alpha value is 0.320. The predicted octanol–water partition coefficient (Wildman–Crippen LogP) is 0.352. The smallest absolute Gasteiger partial charge is 0.170 e. The summed E-state index contributed by atoms with van der Waals surface area (Å²) in [5, 5.41) is 23.6. The molecule has 2 unspecified atom stereocenters. The molecule has 0 aromatic rings. The highest BCUT2D eigenvalue weighted by Gasteiger charge is 2.57. The van der Waals surface area contributed by atoms with Crippen LogP contribution in [-0.4, -0.2) is 32.8 Å². The highest BCUT2D eigenvalue weighted by atomic mass is 79.9. The van der Waals surface area contributed by atoms with E-state index in [9.17, 15) is 10.4 Å². The van der Waals surface area contributed by atoms with Crippen molar-refractivity contribution in [1.82, 2.24) is 5.06 Å². The number of hydrogen-bond donors (Lipinski definition) is 2. The lowest BCUT2D eigenvalue weighted by Gasteiger charge is -2.35. The van der Waals surface area contributed by atoms with Crippen molar-refractivity contribution in [3.8, 4) is 0 Å². The van der Waals surface area contributed by atoms with Gasteiger partial charge in [-0.1, -0.05) is 15.9 Å². The Kier molecular flexibility index (Phi) is 2.78. The molecular weight excluding hydrogens is 236 g/mol. The van der Waals surface area contributed by atoms with Gasteiger partial charge in [0.2, 0.25) is 0 Å². The van der Waals surface area contributed by atoms with Crippen LogP contribution in [0.3, 0.4) is 0 Å². The Morgan fingerprint density at radius 3 is 2.08 bits per heavy atom. The van der Waals surface area contributed by atoms with Crippen LogP contribution >= 0.6 is 15.9 Å². The first-order valence-electron chi connectivity index (χ1n) is 4.35. The van der Waals surface area contributed by atoms with E-state index in [0.29, 0.717) is 5.33 Å². The molecule has 13 heavy (non-hydrogen) atoms. The van der Waals surface area contributed by atoms with Crippen LogP contribution in [0.2, 0.25) is 0 Å². The van der Waals surface area contributed by atoms with Gasteiger partial charge in [-0.15, -0.1) is 5.06 Å². The zero-order chi connectivity index (χ0) is 10.4. The molecule has 5 heteroatoms. The van der Waals surface area contributed by atoms with Crippen LogP contribution in [0, 0.1) is 5.21 Å². The van der Waals surface area contributed by atoms with Gasteiger partial charge in [-0.05, 0) is 13.8 Å². The Morgan fingerprint density at radius 1 is 1.46 bits per heavy atom. The predicted molar refractivity (Wildman–Crippen MR) is 53.7 cm³/mol. The van der Waals surface area contributed by atoms with Crippen molar-refractivity contribution in [1.29, 1.82) is 0 Å². The number of hydrogen-bond acceptors (Lipinski definition) is 3. The summed E-state index contributed by atoms with van der Waals surface area (Å²) in [7, 11) is 0. The lowest BCUT2D eigenvalue weighted by molar-refractivity contribution is -0.919. The molecule has 1 heterocycles. The molecule has 1 aliphatic heterocycles. The quantitative estimate of drug-likeness (QED) is 0.524. The number of quaternary nitrogens is 1. The maximum absolute atomic E-state index is 11.9. The van der Waals surface area contributed by atoms with Crippen molar-refractivity contribution in [3.05, 3.63) is 5.21 Å². The van der Waals surface area contributed by atoms with E-state index < -0.39 is 11.2 Å². The first-order chi connectivity index (χ1) is 5.76. The van der Waals surface area contributed by atoms with E-state index in [1.54, 1.807) is 13.8 Å². The summed E-state index contributed by atoms with van der Waals surface area (Å²) in [6.45, 7) is 7.26. The summed E-state index contributed by atoms with van der Waals surface area (Å²) in [6, 6.07) is -0.146. The van der Waals surface area contributed by atoms with Gasteiger partial charge in [-0.2, -0.15) is 0 Å². The number of rotatable bonds is 1. The molecule has 0 aliphatic carbocycles. The van der Waals surface area contributed by atoms with Gasteiger partial charge < -0.3 is 15.5 Å². The Morgan fingerprint density at radius 2 is 1.92 bits per heavy atom. The number of alkyl halides is 1. The third-order valence-corrected chi connectivity index (χ3v) is 3.65.